The standard InChI is InChI=1S/C19H22O6/c1-23-16-10-13(5-6-14(16)22)19-18(11-21)24-17-9-12(3-2-8-20)4-7-15(17)25-19/h4-7,9-10,18-22H,2-3,8,11H2,1H3/t18-,19-/m0/s1. The van der Waals surface area contributed by atoms with Gasteiger partial charge in [-0.1, -0.05) is 12.1 Å². The van der Waals surface area contributed by atoms with Gasteiger partial charge in [-0.05, 0) is 42.7 Å². The van der Waals surface area contributed by atoms with Gasteiger partial charge in [0.15, 0.2) is 35.2 Å². The topological polar surface area (TPSA) is 88.4 Å². The van der Waals surface area contributed by atoms with Crippen molar-refractivity contribution in [3.05, 3.63) is 47.5 Å². The number of ether oxygens (including phenoxy) is 3. The number of phenols is 1. The molecule has 0 saturated carbocycles. The zero-order chi connectivity index (χ0) is 17.8. The molecule has 0 amide bonds. The number of methoxy groups -OCH3 is 1. The Morgan fingerprint density at radius 2 is 1.88 bits per heavy atom. The van der Waals surface area contributed by atoms with Crippen molar-refractivity contribution in [1.82, 2.24) is 0 Å². The number of rotatable bonds is 6. The average molecular weight is 346 g/mol. The molecule has 3 N–H and O–H groups in total. The van der Waals surface area contributed by atoms with E-state index in [4.69, 9.17) is 19.3 Å². The van der Waals surface area contributed by atoms with Gasteiger partial charge in [0.25, 0.3) is 0 Å². The molecule has 2 atom stereocenters. The van der Waals surface area contributed by atoms with Crippen LogP contribution in [0.5, 0.6) is 23.0 Å². The van der Waals surface area contributed by atoms with Crippen molar-refractivity contribution in [1.29, 1.82) is 0 Å². The Labute approximate surface area is 146 Å². The van der Waals surface area contributed by atoms with Crippen LogP contribution in [0.1, 0.15) is 23.7 Å². The van der Waals surface area contributed by atoms with Gasteiger partial charge in [-0.2, -0.15) is 0 Å². The summed E-state index contributed by atoms with van der Waals surface area (Å²) < 4.78 is 17.1. The van der Waals surface area contributed by atoms with Crippen LogP contribution < -0.4 is 14.2 Å². The second-order valence-corrected chi connectivity index (χ2v) is 5.92. The molecule has 0 fully saturated rings. The largest absolute Gasteiger partial charge is 0.504 e. The van der Waals surface area contributed by atoms with Gasteiger partial charge in [0, 0.05) is 12.2 Å². The minimum atomic E-state index is -0.574. The lowest BCUT2D eigenvalue weighted by Gasteiger charge is -2.33. The molecule has 3 rings (SSSR count). The maximum absolute atomic E-state index is 9.75. The smallest absolute Gasteiger partial charge is 0.163 e. The van der Waals surface area contributed by atoms with Crippen LogP contribution in [-0.2, 0) is 6.42 Å². The van der Waals surface area contributed by atoms with E-state index < -0.39 is 12.2 Å². The van der Waals surface area contributed by atoms with Gasteiger partial charge in [-0.25, -0.2) is 0 Å². The molecule has 134 valence electrons. The summed E-state index contributed by atoms with van der Waals surface area (Å²) >= 11 is 0. The number of phenolic OH excluding ortho intramolecular Hbond substituents is 1. The normalized spacial score (nSPS) is 18.8. The highest BCUT2D eigenvalue weighted by atomic mass is 16.6. The van der Waals surface area contributed by atoms with Gasteiger partial charge in [-0.3, -0.25) is 0 Å². The van der Waals surface area contributed by atoms with Crippen molar-refractivity contribution in [3.8, 4) is 23.0 Å². The van der Waals surface area contributed by atoms with E-state index in [2.05, 4.69) is 0 Å². The number of hydrogen-bond acceptors (Lipinski definition) is 6. The fourth-order valence-corrected chi connectivity index (χ4v) is 2.91. The van der Waals surface area contributed by atoms with Gasteiger partial charge >= 0.3 is 0 Å². The van der Waals surface area contributed by atoms with Crippen LogP contribution >= 0.6 is 0 Å². The third-order valence-corrected chi connectivity index (χ3v) is 4.21. The summed E-state index contributed by atoms with van der Waals surface area (Å²) in [6.45, 7) is -0.0768. The van der Waals surface area contributed by atoms with Gasteiger partial charge in [0.05, 0.1) is 13.7 Å². The highest BCUT2D eigenvalue weighted by molar-refractivity contribution is 5.47. The number of aliphatic hydroxyl groups is 2. The van der Waals surface area contributed by atoms with Crippen LogP contribution in [0.15, 0.2) is 36.4 Å². The molecule has 0 aliphatic carbocycles. The van der Waals surface area contributed by atoms with Gasteiger partial charge < -0.3 is 29.5 Å². The molecule has 0 spiro atoms. The molecule has 25 heavy (non-hydrogen) atoms. The number of aryl methyl sites for hydroxylation is 1. The Hall–Kier alpha value is -2.44. The first-order valence-electron chi connectivity index (χ1n) is 8.21. The molecule has 0 unspecified atom stereocenters. The molecule has 1 aliphatic heterocycles. The van der Waals surface area contributed by atoms with Crippen molar-refractivity contribution in [2.75, 3.05) is 20.3 Å². The highest BCUT2D eigenvalue weighted by Gasteiger charge is 2.33. The molecule has 1 heterocycles. The maximum Gasteiger partial charge on any atom is 0.163 e. The van der Waals surface area contributed by atoms with Crippen LogP contribution in [0.25, 0.3) is 0 Å². The highest BCUT2D eigenvalue weighted by Crippen LogP contribution is 2.41. The third kappa shape index (κ3) is 3.65. The summed E-state index contributed by atoms with van der Waals surface area (Å²) in [7, 11) is 1.48. The Balaban J connectivity index is 1.88. The first kappa shape index (κ1) is 17.4. The molecular formula is C19H22O6. The van der Waals surface area contributed by atoms with Crippen LogP contribution in [0.3, 0.4) is 0 Å². The minimum Gasteiger partial charge on any atom is -0.504 e. The van der Waals surface area contributed by atoms with E-state index in [0.29, 0.717) is 23.7 Å². The van der Waals surface area contributed by atoms with E-state index in [1.807, 2.05) is 18.2 Å². The second kappa shape index (κ2) is 7.63. The molecule has 6 nitrogen and oxygen atoms in total. The average Bonchev–Trinajstić information content (AvgIpc) is 2.65. The van der Waals surface area contributed by atoms with E-state index in [-0.39, 0.29) is 19.0 Å². The number of aromatic hydroxyl groups is 1. The zero-order valence-electron chi connectivity index (χ0n) is 14.0. The first-order chi connectivity index (χ1) is 12.2. The molecule has 0 bridgehead atoms. The molecule has 2 aromatic rings. The van der Waals surface area contributed by atoms with E-state index in [9.17, 15) is 10.2 Å². The van der Waals surface area contributed by atoms with Crippen LogP contribution in [0, 0.1) is 0 Å². The summed E-state index contributed by atoms with van der Waals surface area (Å²) in [5.41, 5.74) is 1.78. The molecule has 0 saturated heterocycles. The molecule has 1 aliphatic rings. The Bertz CT molecular complexity index is 730. The predicted molar refractivity (Wildman–Crippen MR) is 91.4 cm³/mol. The number of hydrogen-bond donors (Lipinski definition) is 3. The van der Waals surface area contributed by atoms with E-state index in [1.165, 1.54) is 13.2 Å². The van der Waals surface area contributed by atoms with E-state index in [0.717, 1.165) is 17.5 Å². The summed E-state index contributed by atoms with van der Waals surface area (Å²) in [6, 6.07) is 10.6. The van der Waals surface area contributed by atoms with Crippen molar-refractivity contribution < 1.29 is 29.5 Å². The van der Waals surface area contributed by atoms with Gasteiger partial charge in [0.2, 0.25) is 0 Å². The third-order valence-electron chi connectivity index (χ3n) is 4.21. The van der Waals surface area contributed by atoms with Crippen LogP contribution in [-0.4, -0.2) is 41.7 Å². The minimum absolute atomic E-state index is 0.0393. The van der Waals surface area contributed by atoms with Gasteiger partial charge in [0.1, 0.15) is 0 Å². The second-order valence-electron chi connectivity index (χ2n) is 5.92. The van der Waals surface area contributed by atoms with E-state index >= 15 is 0 Å². The lowest BCUT2D eigenvalue weighted by molar-refractivity contribution is -0.0124. The monoisotopic (exact) mass is 346 g/mol. The summed E-state index contributed by atoms with van der Waals surface area (Å²) in [5, 5.41) is 28.4. The molecular weight excluding hydrogens is 324 g/mol. The fourth-order valence-electron chi connectivity index (χ4n) is 2.91. The van der Waals surface area contributed by atoms with Crippen molar-refractivity contribution >= 4 is 0 Å². The summed E-state index contributed by atoms with van der Waals surface area (Å²) in [6.07, 6.45) is 0.333. The van der Waals surface area contributed by atoms with Crippen LogP contribution in [0.2, 0.25) is 0 Å². The molecule has 0 aromatic heterocycles. The van der Waals surface area contributed by atoms with E-state index in [1.54, 1.807) is 12.1 Å². The Morgan fingerprint density at radius 1 is 1.04 bits per heavy atom. The first-order valence-corrected chi connectivity index (χ1v) is 8.21. The van der Waals surface area contributed by atoms with Gasteiger partial charge in [-0.15, -0.1) is 0 Å². The molecule has 0 radical (unpaired) electrons. The summed E-state index contributed by atoms with van der Waals surface area (Å²) in [5.74, 6) is 1.55. The van der Waals surface area contributed by atoms with Crippen molar-refractivity contribution in [2.45, 2.75) is 25.0 Å². The Morgan fingerprint density at radius 3 is 2.60 bits per heavy atom. The number of benzene rings is 2. The predicted octanol–water partition coefficient (Wildman–Crippen LogP) is 2.20. The van der Waals surface area contributed by atoms with Crippen molar-refractivity contribution in [3.63, 3.8) is 0 Å². The molecule has 2 aromatic carbocycles. The van der Waals surface area contributed by atoms with Crippen LogP contribution in [0.4, 0.5) is 0 Å². The lowest BCUT2D eigenvalue weighted by atomic mass is 10.0. The maximum atomic E-state index is 9.75. The fraction of sp³-hybridized carbons (Fsp3) is 0.368. The SMILES string of the molecule is COc1cc([C@@H]2Oc3ccc(CCCO)cc3O[C@H]2CO)ccc1O. The lowest BCUT2D eigenvalue weighted by Crippen LogP contribution is -2.36. The van der Waals surface area contributed by atoms with Crippen molar-refractivity contribution in [2.24, 2.45) is 0 Å². The molecule has 6 heteroatoms. The number of aliphatic hydroxyl groups excluding tert-OH is 2. The Kier molecular flexibility index (Phi) is 5.31. The zero-order valence-corrected chi connectivity index (χ0v) is 14.0. The summed E-state index contributed by atoms with van der Waals surface area (Å²) in [4.78, 5) is 0. The number of fused-ring (bicyclic) bond motifs is 1. The quantitative estimate of drug-likeness (QED) is 0.743.